The van der Waals surface area contributed by atoms with Crippen LogP contribution in [-0.2, 0) is 10.0 Å². The standard InChI is InChI=1S/C19H21BrN2O3S/c1-14-13-15(9-10-17(14)20)21-19(23)16-7-3-4-8-18(16)26(24,25)22-11-5-2-6-12-22/h3-4,7-10,13H,2,5-6,11-12H2,1H3,(H,21,23). The molecule has 0 saturated carbocycles. The van der Waals surface area contributed by atoms with E-state index in [0.717, 1.165) is 29.3 Å². The molecule has 1 aliphatic heterocycles. The lowest BCUT2D eigenvalue weighted by atomic mass is 10.2. The highest BCUT2D eigenvalue weighted by Crippen LogP contribution is 2.25. The highest BCUT2D eigenvalue weighted by molar-refractivity contribution is 9.10. The number of hydrogen-bond acceptors (Lipinski definition) is 3. The van der Waals surface area contributed by atoms with E-state index in [1.807, 2.05) is 19.1 Å². The minimum Gasteiger partial charge on any atom is -0.322 e. The molecular weight excluding hydrogens is 416 g/mol. The van der Waals surface area contributed by atoms with Crippen molar-refractivity contribution in [3.8, 4) is 0 Å². The van der Waals surface area contributed by atoms with Gasteiger partial charge in [0.05, 0.1) is 10.5 Å². The van der Waals surface area contributed by atoms with Crippen LogP contribution in [0, 0.1) is 6.92 Å². The molecule has 2 aromatic carbocycles. The van der Waals surface area contributed by atoms with Crippen molar-refractivity contribution in [1.29, 1.82) is 0 Å². The summed E-state index contributed by atoms with van der Waals surface area (Å²) in [5, 5.41) is 2.80. The van der Waals surface area contributed by atoms with Crippen LogP contribution >= 0.6 is 15.9 Å². The van der Waals surface area contributed by atoms with Crippen molar-refractivity contribution in [2.75, 3.05) is 18.4 Å². The van der Waals surface area contributed by atoms with Gasteiger partial charge in [0.25, 0.3) is 5.91 Å². The molecule has 1 heterocycles. The predicted octanol–water partition coefficient (Wildman–Crippen LogP) is 4.18. The van der Waals surface area contributed by atoms with Crippen molar-refractivity contribution < 1.29 is 13.2 Å². The molecule has 2 aromatic rings. The normalized spacial score (nSPS) is 15.6. The summed E-state index contributed by atoms with van der Waals surface area (Å²) in [6.45, 7) is 2.93. The van der Waals surface area contributed by atoms with Gasteiger partial charge in [-0.1, -0.05) is 34.5 Å². The van der Waals surface area contributed by atoms with Crippen LogP contribution < -0.4 is 5.32 Å². The van der Waals surface area contributed by atoms with Gasteiger partial charge in [0.15, 0.2) is 0 Å². The zero-order valence-corrected chi connectivity index (χ0v) is 16.9. The Morgan fingerprint density at radius 3 is 2.46 bits per heavy atom. The van der Waals surface area contributed by atoms with Crippen molar-refractivity contribution in [2.45, 2.75) is 31.1 Å². The Bertz CT molecular complexity index is 922. The molecule has 3 rings (SSSR count). The average Bonchev–Trinajstić information content (AvgIpc) is 2.65. The molecule has 0 atom stereocenters. The first kappa shape index (κ1) is 19.1. The summed E-state index contributed by atoms with van der Waals surface area (Å²) in [5.74, 6) is -0.428. The number of nitrogens with one attached hydrogen (secondary N) is 1. The number of benzene rings is 2. The Hall–Kier alpha value is -1.70. The van der Waals surface area contributed by atoms with E-state index < -0.39 is 15.9 Å². The minimum atomic E-state index is -3.68. The third-order valence-corrected chi connectivity index (χ3v) is 7.33. The smallest absolute Gasteiger partial charge is 0.257 e. The molecule has 5 nitrogen and oxygen atoms in total. The third kappa shape index (κ3) is 4.00. The molecule has 138 valence electrons. The van der Waals surface area contributed by atoms with Gasteiger partial charge >= 0.3 is 0 Å². The summed E-state index contributed by atoms with van der Waals surface area (Å²) < 4.78 is 28.4. The fourth-order valence-electron chi connectivity index (χ4n) is 3.04. The number of aryl methyl sites for hydroxylation is 1. The zero-order valence-electron chi connectivity index (χ0n) is 14.5. The number of rotatable bonds is 4. The Balaban J connectivity index is 1.91. The number of hydrogen-bond donors (Lipinski definition) is 1. The molecule has 0 aromatic heterocycles. The Labute approximate surface area is 162 Å². The summed E-state index contributed by atoms with van der Waals surface area (Å²) in [5.41, 5.74) is 1.77. The first-order chi connectivity index (χ1) is 12.4. The molecule has 0 bridgehead atoms. The number of carbonyl (C=O) groups excluding carboxylic acids is 1. The first-order valence-corrected chi connectivity index (χ1v) is 10.8. The van der Waals surface area contributed by atoms with Gasteiger partial charge in [-0.3, -0.25) is 4.79 Å². The van der Waals surface area contributed by atoms with E-state index in [9.17, 15) is 13.2 Å². The van der Waals surface area contributed by atoms with Crippen LogP contribution in [0.3, 0.4) is 0 Å². The van der Waals surface area contributed by atoms with Gasteiger partial charge in [-0.15, -0.1) is 0 Å². The molecule has 1 aliphatic rings. The monoisotopic (exact) mass is 436 g/mol. The Morgan fingerprint density at radius 1 is 1.08 bits per heavy atom. The fourth-order valence-corrected chi connectivity index (χ4v) is 5.00. The lowest BCUT2D eigenvalue weighted by Gasteiger charge is -2.26. The quantitative estimate of drug-likeness (QED) is 0.781. The molecule has 0 unspecified atom stereocenters. The van der Waals surface area contributed by atoms with Crippen LogP contribution in [0.4, 0.5) is 5.69 Å². The molecule has 1 fully saturated rings. The maximum Gasteiger partial charge on any atom is 0.257 e. The topological polar surface area (TPSA) is 66.5 Å². The average molecular weight is 437 g/mol. The number of carbonyl (C=O) groups is 1. The molecule has 1 amide bonds. The molecule has 1 saturated heterocycles. The van der Waals surface area contributed by atoms with E-state index in [4.69, 9.17) is 0 Å². The fraction of sp³-hybridized carbons (Fsp3) is 0.316. The summed E-state index contributed by atoms with van der Waals surface area (Å²) in [7, 11) is -3.68. The molecule has 1 N–H and O–H groups in total. The van der Waals surface area contributed by atoms with E-state index in [1.165, 1.54) is 10.4 Å². The van der Waals surface area contributed by atoms with Crippen molar-refractivity contribution in [3.05, 3.63) is 58.1 Å². The largest absolute Gasteiger partial charge is 0.322 e. The van der Waals surface area contributed by atoms with Gasteiger partial charge in [-0.25, -0.2) is 8.42 Å². The van der Waals surface area contributed by atoms with Gasteiger partial charge in [-0.05, 0) is 55.7 Å². The van der Waals surface area contributed by atoms with Crippen LogP contribution in [-0.4, -0.2) is 31.7 Å². The zero-order chi connectivity index (χ0) is 18.7. The van der Waals surface area contributed by atoms with Crippen LogP contribution in [0.1, 0.15) is 35.2 Å². The van der Waals surface area contributed by atoms with E-state index in [0.29, 0.717) is 18.8 Å². The SMILES string of the molecule is Cc1cc(NC(=O)c2ccccc2S(=O)(=O)N2CCCCC2)ccc1Br. The molecule has 26 heavy (non-hydrogen) atoms. The maximum atomic E-state index is 13.0. The van der Waals surface area contributed by atoms with Crippen molar-refractivity contribution in [3.63, 3.8) is 0 Å². The van der Waals surface area contributed by atoms with Crippen molar-refractivity contribution in [1.82, 2.24) is 4.31 Å². The summed E-state index contributed by atoms with van der Waals surface area (Å²) in [6.07, 6.45) is 2.74. The summed E-state index contributed by atoms with van der Waals surface area (Å²) in [4.78, 5) is 12.8. The van der Waals surface area contributed by atoms with Crippen LogP contribution in [0.2, 0.25) is 0 Å². The number of sulfonamides is 1. The molecule has 0 aliphatic carbocycles. The van der Waals surface area contributed by atoms with Gasteiger partial charge in [-0.2, -0.15) is 4.31 Å². The van der Waals surface area contributed by atoms with Crippen molar-refractivity contribution in [2.24, 2.45) is 0 Å². The Morgan fingerprint density at radius 2 is 1.77 bits per heavy atom. The molecule has 0 spiro atoms. The number of nitrogens with zero attached hydrogens (tertiary/aromatic N) is 1. The number of piperidine rings is 1. The summed E-state index contributed by atoms with van der Waals surface area (Å²) in [6, 6.07) is 11.8. The maximum absolute atomic E-state index is 13.0. The molecular formula is C19H21BrN2O3S. The van der Waals surface area contributed by atoms with Gasteiger partial charge < -0.3 is 5.32 Å². The highest BCUT2D eigenvalue weighted by Gasteiger charge is 2.29. The predicted molar refractivity (Wildman–Crippen MR) is 106 cm³/mol. The van der Waals surface area contributed by atoms with E-state index in [-0.39, 0.29) is 10.5 Å². The molecule has 0 radical (unpaired) electrons. The van der Waals surface area contributed by atoms with Crippen LogP contribution in [0.25, 0.3) is 0 Å². The second kappa shape index (κ2) is 7.90. The number of anilines is 1. The van der Waals surface area contributed by atoms with Gasteiger partial charge in [0.1, 0.15) is 0 Å². The van der Waals surface area contributed by atoms with Crippen molar-refractivity contribution >= 4 is 37.5 Å². The van der Waals surface area contributed by atoms with E-state index in [2.05, 4.69) is 21.2 Å². The van der Waals surface area contributed by atoms with Gasteiger partial charge in [0.2, 0.25) is 10.0 Å². The van der Waals surface area contributed by atoms with Gasteiger partial charge in [0, 0.05) is 23.2 Å². The highest BCUT2D eigenvalue weighted by atomic mass is 79.9. The Kier molecular flexibility index (Phi) is 5.79. The number of amides is 1. The third-order valence-electron chi connectivity index (χ3n) is 4.48. The second-order valence-electron chi connectivity index (χ2n) is 6.38. The minimum absolute atomic E-state index is 0.0632. The summed E-state index contributed by atoms with van der Waals surface area (Å²) >= 11 is 3.42. The second-order valence-corrected chi connectivity index (χ2v) is 9.14. The lowest BCUT2D eigenvalue weighted by Crippen LogP contribution is -2.36. The lowest BCUT2D eigenvalue weighted by molar-refractivity contribution is 0.102. The molecule has 7 heteroatoms. The number of halogens is 1. The van der Waals surface area contributed by atoms with Crippen LogP contribution in [0.15, 0.2) is 51.8 Å². The van der Waals surface area contributed by atoms with Crippen LogP contribution in [0.5, 0.6) is 0 Å². The van der Waals surface area contributed by atoms with E-state index >= 15 is 0 Å². The first-order valence-electron chi connectivity index (χ1n) is 8.56. The van der Waals surface area contributed by atoms with E-state index in [1.54, 1.807) is 24.3 Å².